The highest BCUT2D eigenvalue weighted by Crippen LogP contribution is 2.19. The van der Waals surface area contributed by atoms with E-state index in [0.29, 0.717) is 5.75 Å². The van der Waals surface area contributed by atoms with Gasteiger partial charge in [-0.05, 0) is 16.3 Å². The minimum absolute atomic E-state index is 0.189. The Hall–Kier alpha value is -1.04. The molecule has 0 saturated carbocycles. The third-order valence-electron chi connectivity index (χ3n) is 2.57. The second-order valence-electron chi connectivity index (χ2n) is 4.02. The molecule has 1 N–H and O–H groups in total. The minimum atomic E-state index is -3.83. The van der Waals surface area contributed by atoms with Gasteiger partial charge in [0.2, 0.25) is 0 Å². The number of hydrogen-bond acceptors (Lipinski definition) is 3. The largest absolute Gasteiger partial charge is 0.286 e. The van der Waals surface area contributed by atoms with E-state index in [1.807, 2.05) is 18.2 Å². The molecule has 0 aliphatic heterocycles. The molecule has 0 fully saturated rings. The third-order valence-corrected chi connectivity index (χ3v) is 4.58. The second-order valence-corrected chi connectivity index (χ2v) is 6.70. The zero-order valence-corrected chi connectivity index (χ0v) is 11.4. The van der Waals surface area contributed by atoms with Gasteiger partial charge < -0.3 is 0 Å². The summed E-state index contributed by atoms with van der Waals surface area (Å²) in [5, 5.41) is 2.38. The van der Waals surface area contributed by atoms with Crippen molar-refractivity contribution >= 4 is 32.7 Å². The van der Waals surface area contributed by atoms with Crippen LogP contribution in [0.1, 0.15) is 5.56 Å². The van der Waals surface area contributed by atoms with Crippen LogP contribution >= 0.6 is 11.8 Å². The van der Waals surface area contributed by atoms with Crippen molar-refractivity contribution in [1.29, 1.82) is 0 Å². The SMILES string of the molecule is O=S(=O)(O)CCSCc1ccc2ccccc2c1. The van der Waals surface area contributed by atoms with Crippen molar-refractivity contribution in [2.75, 3.05) is 11.5 Å². The number of rotatable bonds is 5. The Kier molecular flexibility index (Phi) is 4.27. The summed E-state index contributed by atoms with van der Waals surface area (Å²) >= 11 is 1.50. The van der Waals surface area contributed by atoms with E-state index in [9.17, 15) is 8.42 Å². The van der Waals surface area contributed by atoms with E-state index >= 15 is 0 Å². The molecule has 3 nitrogen and oxygen atoms in total. The fraction of sp³-hybridized carbons (Fsp3) is 0.231. The predicted octanol–water partition coefficient (Wildman–Crippen LogP) is 2.96. The van der Waals surface area contributed by atoms with Gasteiger partial charge in [-0.1, -0.05) is 42.5 Å². The Morgan fingerprint density at radius 1 is 1.06 bits per heavy atom. The van der Waals surface area contributed by atoms with Gasteiger partial charge in [-0.25, -0.2) is 0 Å². The van der Waals surface area contributed by atoms with Gasteiger partial charge in [0.1, 0.15) is 0 Å². The van der Waals surface area contributed by atoms with Crippen LogP contribution < -0.4 is 0 Å². The van der Waals surface area contributed by atoms with Crippen LogP contribution in [-0.2, 0) is 15.9 Å². The van der Waals surface area contributed by atoms with E-state index in [2.05, 4.69) is 24.3 Å². The molecule has 2 aromatic carbocycles. The number of hydrogen-bond donors (Lipinski definition) is 1. The second kappa shape index (κ2) is 5.73. The Labute approximate surface area is 111 Å². The molecule has 18 heavy (non-hydrogen) atoms. The average molecular weight is 282 g/mol. The standard InChI is InChI=1S/C13H14O3S2/c14-18(15,16)8-7-17-10-11-5-6-12-3-1-2-4-13(12)9-11/h1-6,9H,7-8,10H2,(H,14,15,16). The van der Waals surface area contributed by atoms with Crippen LogP contribution in [0.3, 0.4) is 0 Å². The van der Waals surface area contributed by atoms with Gasteiger partial charge in [0.15, 0.2) is 0 Å². The molecule has 0 aliphatic rings. The normalized spacial score (nSPS) is 11.8. The molecule has 0 atom stereocenters. The predicted molar refractivity (Wildman–Crippen MR) is 76.5 cm³/mol. The van der Waals surface area contributed by atoms with Crippen LogP contribution in [0.25, 0.3) is 10.8 Å². The number of benzene rings is 2. The molecule has 0 saturated heterocycles. The molecule has 0 heterocycles. The van der Waals surface area contributed by atoms with E-state index in [-0.39, 0.29) is 5.75 Å². The van der Waals surface area contributed by atoms with Crippen LogP contribution in [0.15, 0.2) is 42.5 Å². The molecule has 2 aromatic rings. The van der Waals surface area contributed by atoms with Gasteiger partial charge in [0.25, 0.3) is 10.1 Å². The Balaban J connectivity index is 1.96. The fourth-order valence-corrected chi connectivity index (χ4v) is 3.56. The van der Waals surface area contributed by atoms with Crippen LogP contribution in [0.4, 0.5) is 0 Å². The first-order valence-corrected chi connectivity index (χ1v) is 8.31. The lowest BCUT2D eigenvalue weighted by molar-refractivity contribution is 0.485. The lowest BCUT2D eigenvalue weighted by Crippen LogP contribution is -2.05. The van der Waals surface area contributed by atoms with E-state index in [1.54, 1.807) is 0 Å². The summed E-state index contributed by atoms with van der Waals surface area (Å²) in [7, 11) is -3.83. The molecule has 5 heteroatoms. The van der Waals surface area contributed by atoms with Crippen molar-refractivity contribution in [3.63, 3.8) is 0 Å². The number of fused-ring (bicyclic) bond motifs is 1. The molecular formula is C13H14O3S2. The minimum Gasteiger partial charge on any atom is -0.286 e. The van der Waals surface area contributed by atoms with Crippen LogP contribution in [0, 0.1) is 0 Å². The summed E-state index contributed by atoms with van der Waals surface area (Å²) in [6.07, 6.45) is 0. The van der Waals surface area contributed by atoms with Crippen molar-refractivity contribution in [1.82, 2.24) is 0 Å². The summed E-state index contributed by atoms with van der Waals surface area (Å²) in [6.45, 7) is 0. The van der Waals surface area contributed by atoms with Crippen molar-refractivity contribution in [3.8, 4) is 0 Å². The number of thioether (sulfide) groups is 1. The maximum atomic E-state index is 10.6. The van der Waals surface area contributed by atoms with Gasteiger partial charge in [0.05, 0.1) is 5.75 Å². The van der Waals surface area contributed by atoms with E-state index < -0.39 is 10.1 Å². The molecule has 0 radical (unpaired) electrons. The summed E-state index contributed by atoms with van der Waals surface area (Å²) in [4.78, 5) is 0. The van der Waals surface area contributed by atoms with Gasteiger partial charge >= 0.3 is 0 Å². The average Bonchev–Trinajstić information content (AvgIpc) is 2.33. The van der Waals surface area contributed by atoms with Crippen molar-refractivity contribution in [2.45, 2.75) is 5.75 Å². The van der Waals surface area contributed by atoms with Gasteiger partial charge in [0, 0.05) is 11.5 Å². The van der Waals surface area contributed by atoms with Gasteiger partial charge in [-0.15, -0.1) is 0 Å². The van der Waals surface area contributed by atoms with Gasteiger partial charge in [-0.2, -0.15) is 20.2 Å². The first kappa shape index (κ1) is 13.4. The highest BCUT2D eigenvalue weighted by Gasteiger charge is 2.04. The van der Waals surface area contributed by atoms with Crippen LogP contribution in [0.5, 0.6) is 0 Å². The molecule has 0 aliphatic carbocycles. The topological polar surface area (TPSA) is 54.4 Å². The molecule has 0 aromatic heterocycles. The monoisotopic (exact) mass is 282 g/mol. The quantitative estimate of drug-likeness (QED) is 0.676. The first-order chi connectivity index (χ1) is 8.54. The first-order valence-electron chi connectivity index (χ1n) is 5.55. The Morgan fingerprint density at radius 3 is 2.50 bits per heavy atom. The molecule has 0 unspecified atom stereocenters. The van der Waals surface area contributed by atoms with Crippen LogP contribution in [-0.4, -0.2) is 24.5 Å². The molecular weight excluding hydrogens is 268 g/mol. The lowest BCUT2D eigenvalue weighted by Gasteiger charge is -2.03. The van der Waals surface area contributed by atoms with Crippen LogP contribution in [0.2, 0.25) is 0 Å². The Morgan fingerprint density at radius 2 is 1.78 bits per heavy atom. The summed E-state index contributed by atoms with van der Waals surface area (Å²) in [5.41, 5.74) is 1.16. The third kappa shape index (κ3) is 4.01. The highest BCUT2D eigenvalue weighted by molar-refractivity contribution is 7.99. The molecule has 0 bridgehead atoms. The zero-order chi connectivity index (χ0) is 13.0. The summed E-state index contributed by atoms with van der Waals surface area (Å²) < 4.78 is 29.7. The Bertz CT molecular complexity index is 635. The summed E-state index contributed by atoms with van der Waals surface area (Å²) in [5.74, 6) is 0.970. The van der Waals surface area contributed by atoms with E-state index in [0.717, 1.165) is 11.3 Å². The zero-order valence-electron chi connectivity index (χ0n) is 9.74. The molecule has 96 valence electrons. The highest BCUT2D eigenvalue weighted by atomic mass is 32.2. The molecule has 0 amide bonds. The maximum absolute atomic E-state index is 10.6. The molecule has 2 rings (SSSR count). The van der Waals surface area contributed by atoms with E-state index in [4.69, 9.17) is 4.55 Å². The fourth-order valence-electron chi connectivity index (χ4n) is 1.68. The van der Waals surface area contributed by atoms with Crippen molar-refractivity contribution < 1.29 is 13.0 Å². The van der Waals surface area contributed by atoms with Crippen molar-refractivity contribution in [2.24, 2.45) is 0 Å². The summed E-state index contributed by atoms with van der Waals surface area (Å²) in [6, 6.07) is 14.3. The smallest absolute Gasteiger partial charge is 0.265 e. The van der Waals surface area contributed by atoms with Gasteiger partial charge in [-0.3, -0.25) is 4.55 Å². The van der Waals surface area contributed by atoms with Crippen molar-refractivity contribution in [3.05, 3.63) is 48.0 Å². The van der Waals surface area contributed by atoms with E-state index in [1.165, 1.54) is 22.5 Å². The lowest BCUT2D eigenvalue weighted by atomic mass is 10.1. The maximum Gasteiger partial charge on any atom is 0.265 e. The molecule has 0 spiro atoms.